The Morgan fingerprint density at radius 1 is 1.29 bits per heavy atom. The Balaban J connectivity index is 1.38. The van der Waals surface area contributed by atoms with Crippen molar-refractivity contribution in [1.82, 2.24) is 14.9 Å². The van der Waals surface area contributed by atoms with Gasteiger partial charge in [-0.3, -0.25) is 14.7 Å². The van der Waals surface area contributed by atoms with Gasteiger partial charge in [0.15, 0.2) is 5.13 Å². The Morgan fingerprint density at radius 2 is 2.11 bits per heavy atom. The fourth-order valence-electron chi connectivity index (χ4n) is 4.54. The topological polar surface area (TPSA) is 61.4 Å². The highest BCUT2D eigenvalue weighted by Gasteiger charge is 2.43. The van der Waals surface area contributed by atoms with Gasteiger partial charge in [-0.05, 0) is 44.9 Å². The number of anilines is 2. The van der Waals surface area contributed by atoms with Crippen molar-refractivity contribution in [3.05, 3.63) is 34.6 Å². The number of amides is 1. The summed E-state index contributed by atoms with van der Waals surface area (Å²) in [6, 6.07) is 4.49. The molecule has 0 bridgehead atoms. The van der Waals surface area contributed by atoms with E-state index >= 15 is 0 Å². The second-order valence-corrected chi connectivity index (χ2v) is 9.37. The van der Waals surface area contributed by atoms with Gasteiger partial charge in [0.05, 0.1) is 0 Å². The summed E-state index contributed by atoms with van der Waals surface area (Å²) in [5.41, 5.74) is 4.03. The lowest BCUT2D eigenvalue weighted by molar-refractivity contribution is -0.114. The number of likely N-dealkylation sites (tertiary alicyclic amines) is 1. The highest BCUT2D eigenvalue weighted by atomic mass is 32.1. The molecule has 1 amide bonds. The highest BCUT2D eigenvalue weighted by Crippen LogP contribution is 2.42. The molecule has 1 N–H and O–H groups in total. The predicted octanol–water partition coefficient (Wildman–Crippen LogP) is 3.47. The van der Waals surface area contributed by atoms with Gasteiger partial charge >= 0.3 is 0 Å². The summed E-state index contributed by atoms with van der Waals surface area (Å²) < 4.78 is 0. The predicted molar refractivity (Wildman–Crippen MR) is 114 cm³/mol. The number of hydrogen-bond donors (Lipinski definition) is 1. The Labute approximate surface area is 171 Å². The van der Waals surface area contributed by atoms with Gasteiger partial charge in [-0.1, -0.05) is 6.92 Å². The van der Waals surface area contributed by atoms with Crippen molar-refractivity contribution in [3.8, 4) is 0 Å². The number of nitrogens with one attached hydrogen (secondary N) is 1. The Morgan fingerprint density at radius 3 is 2.89 bits per heavy atom. The van der Waals surface area contributed by atoms with Crippen LogP contribution in [-0.2, 0) is 17.8 Å². The first-order chi connectivity index (χ1) is 13.4. The van der Waals surface area contributed by atoms with Gasteiger partial charge in [-0.25, -0.2) is 4.98 Å². The van der Waals surface area contributed by atoms with Crippen LogP contribution in [0.5, 0.6) is 0 Å². The van der Waals surface area contributed by atoms with Gasteiger partial charge in [-0.15, -0.1) is 11.3 Å². The molecule has 2 aromatic rings. The maximum absolute atomic E-state index is 11.2. The van der Waals surface area contributed by atoms with Crippen LogP contribution in [0, 0.1) is 12.3 Å². The van der Waals surface area contributed by atoms with Crippen molar-refractivity contribution in [2.24, 2.45) is 5.41 Å². The molecule has 1 unspecified atom stereocenters. The molecule has 0 radical (unpaired) electrons. The fraction of sp³-hybridized carbons (Fsp3) is 0.571. The number of hydrogen-bond acceptors (Lipinski definition) is 6. The van der Waals surface area contributed by atoms with Crippen LogP contribution in [0.4, 0.5) is 10.8 Å². The van der Waals surface area contributed by atoms with Gasteiger partial charge in [0.1, 0.15) is 0 Å². The molecule has 150 valence electrons. The van der Waals surface area contributed by atoms with Crippen LogP contribution in [0.2, 0.25) is 0 Å². The van der Waals surface area contributed by atoms with Crippen LogP contribution in [0.1, 0.15) is 43.0 Å². The minimum Gasteiger partial charge on any atom is -0.371 e. The molecule has 4 rings (SSSR count). The molecule has 28 heavy (non-hydrogen) atoms. The third-order valence-electron chi connectivity index (χ3n) is 5.89. The lowest BCUT2D eigenvalue weighted by Crippen LogP contribution is -2.30. The smallest absolute Gasteiger partial charge is 0.223 e. The molecule has 4 heterocycles. The first kappa shape index (κ1) is 19.3. The van der Waals surface area contributed by atoms with E-state index in [2.05, 4.69) is 51.1 Å². The van der Waals surface area contributed by atoms with E-state index in [0.717, 1.165) is 44.8 Å². The molecule has 2 fully saturated rings. The third-order valence-corrected chi connectivity index (χ3v) is 6.79. The van der Waals surface area contributed by atoms with Crippen molar-refractivity contribution in [1.29, 1.82) is 0 Å². The third kappa shape index (κ3) is 4.20. The van der Waals surface area contributed by atoms with E-state index in [1.54, 1.807) is 11.3 Å². The van der Waals surface area contributed by atoms with Crippen molar-refractivity contribution in [3.63, 3.8) is 0 Å². The minimum atomic E-state index is -0.0651. The monoisotopic (exact) mass is 399 g/mol. The largest absolute Gasteiger partial charge is 0.371 e. The number of thiazole rings is 1. The molecule has 1 spiro atoms. The summed E-state index contributed by atoms with van der Waals surface area (Å²) in [4.78, 5) is 26.4. The summed E-state index contributed by atoms with van der Waals surface area (Å²) in [5, 5.41) is 3.47. The lowest BCUT2D eigenvalue weighted by atomic mass is 9.86. The molecule has 0 aliphatic carbocycles. The standard InChI is InChI=1S/C21H29N5OS/c1-4-17-10-18(9-15(2)23-17)26-8-6-21(14-26)5-7-25(13-21)12-19-11-22-20(28-19)24-16(3)27/h9-11H,4-8,12-14H2,1-3H3,(H,22,24,27). The molecule has 2 saturated heterocycles. The SMILES string of the molecule is CCc1cc(N2CCC3(CCN(Cc4cnc(NC(C)=O)s4)C3)C2)cc(C)n1. The van der Waals surface area contributed by atoms with Gasteiger partial charge in [-0.2, -0.15) is 0 Å². The van der Waals surface area contributed by atoms with Crippen molar-refractivity contribution < 1.29 is 4.79 Å². The molecular formula is C21H29N5OS. The summed E-state index contributed by atoms with van der Waals surface area (Å²) in [6.45, 7) is 11.2. The molecule has 2 aliphatic heterocycles. The first-order valence-corrected chi connectivity index (χ1v) is 10.9. The molecule has 0 aromatic carbocycles. The van der Waals surface area contributed by atoms with E-state index in [9.17, 15) is 4.79 Å². The Hall–Kier alpha value is -1.99. The maximum atomic E-state index is 11.2. The van der Waals surface area contributed by atoms with E-state index in [4.69, 9.17) is 0 Å². The number of pyridine rings is 1. The fourth-order valence-corrected chi connectivity index (χ4v) is 5.44. The zero-order chi connectivity index (χ0) is 19.7. The zero-order valence-electron chi connectivity index (χ0n) is 17.0. The Kier molecular flexibility index (Phi) is 5.38. The molecule has 6 nitrogen and oxygen atoms in total. The molecular weight excluding hydrogens is 370 g/mol. The molecule has 2 aliphatic rings. The van der Waals surface area contributed by atoms with Crippen LogP contribution < -0.4 is 10.2 Å². The maximum Gasteiger partial charge on any atom is 0.223 e. The second-order valence-electron chi connectivity index (χ2n) is 8.26. The number of carbonyl (C=O) groups excluding carboxylic acids is 1. The first-order valence-electron chi connectivity index (χ1n) is 10.1. The van der Waals surface area contributed by atoms with E-state index in [-0.39, 0.29) is 5.91 Å². The number of nitrogens with zero attached hydrogens (tertiary/aromatic N) is 4. The molecule has 7 heteroatoms. The van der Waals surface area contributed by atoms with Crippen molar-refractivity contribution in [2.45, 2.75) is 46.6 Å². The van der Waals surface area contributed by atoms with Gasteiger partial charge < -0.3 is 10.2 Å². The van der Waals surface area contributed by atoms with E-state index in [1.165, 1.54) is 36.0 Å². The van der Waals surface area contributed by atoms with Crippen LogP contribution in [0.25, 0.3) is 0 Å². The lowest BCUT2D eigenvalue weighted by Gasteiger charge is -2.26. The van der Waals surface area contributed by atoms with Crippen LogP contribution in [0.3, 0.4) is 0 Å². The normalized spacial score (nSPS) is 22.3. The molecule has 0 saturated carbocycles. The highest BCUT2D eigenvalue weighted by molar-refractivity contribution is 7.15. The quantitative estimate of drug-likeness (QED) is 0.834. The van der Waals surface area contributed by atoms with E-state index < -0.39 is 0 Å². The number of aromatic nitrogens is 2. The average molecular weight is 400 g/mol. The van der Waals surface area contributed by atoms with Crippen molar-refractivity contribution >= 4 is 28.1 Å². The van der Waals surface area contributed by atoms with Gasteiger partial charge in [0.25, 0.3) is 0 Å². The van der Waals surface area contributed by atoms with E-state index in [1.807, 2.05) is 6.20 Å². The number of rotatable bonds is 5. The summed E-state index contributed by atoms with van der Waals surface area (Å²) in [7, 11) is 0. The minimum absolute atomic E-state index is 0.0651. The van der Waals surface area contributed by atoms with Gasteiger partial charge in [0, 0.05) is 66.7 Å². The van der Waals surface area contributed by atoms with E-state index in [0.29, 0.717) is 10.5 Å². The van der Waals surface area contributed by atoms with Crippen LogP contribution >= 0.6 is 11.3 Å². The molecule has 2 aromatic heterocycles. The second kappa shape index (κ2) is 7.79. The zero-order valence-corrected chi connectivity index (χ0v) is 17.8. The Bertz CT molecular complexity index is 866. The number of aryl methyl sites for hydroxylation is 2. The number of carbonyl (C=O) groups is 1. The van der Waals surface area contributed by atoms with Crippen LogP contribution in [0.15, 0.2) is 18.3 Å². The average Bonchev–Trinajstić information content (AvgIpc) is 3.36. The summed E-state index contributed by atoms with van der Waals surface area (Å²) in [5.74, 6) is -0.0651. The van der Waals surface area contributed by atoms with Gasteiger partial charge in [0.2, 0.25) is 5.91 Å². The summed E-state index contributed by atoms with van der Waals surface area (Å²) >= 11 is 1.58. The summed E-state index contributed by atoms with van der Waals surface area (Å²) in [6.07, 6.45) is 5.39. The van der Waals surface area contributed by atoms with Crippen LogP contribution in [-0.4, -0.2) is 47.0 Å². The van der Waals surface area contributed by atoms with Crippen molar-refractivity contribution in [2.75, 3.05) is 36.4 Å². The molecule has 1 atom stereocenters.